The molecule has 226 valence electrons. The third-order valence-electron chi connectivity index (χ3n) is 7.48. The molecule has 8 heteroatoms. The first-order valence-corrected chi connectivity index (χ1v) is 15.6. The molecule has 1 aromatic rings. The van der Waals surface area contributed by atoms with Gasteiger partial charge in [-0.05, 0) is 49.9 Å². The summed E-state index contributed by atoms with van der Waals surface area (Å²) in [5, 5.41) is 0. The minimum atomic E-state index is -0.522. The smallest absolute Gasteiger partial charge is 0.248 e. The summed E-state index contributed by atoms with van der Waals surface area (Å²) in [5.74, 6) is -0.837. The maximum Gasteiger partial charge on any atom is 0.248 e. The van der Waals surface area contributed by atoms with Crippen LogP contribution < -0.4 is 17.2 Å². The summed E-state index contributed by atoms with van der Waals surface area (Å²) in [4.78, 5) is 46.7. The Morgan fingerprint density at radius 3 is 1.18 bits per heavy atom. The fourth-order valence-corrected chi connectivity index (χ4v) is 4.97. The van der Waals surface area contributed by atoms with Crippen molar-refractivity contribution in [1.29, 1.82) is 0 Å². The molecule has 8 nitrogen and oxygen atoms in total. The highest BCUT2D eigenvalue weighted by atomic mass is 16.2. The Morgan fingerprint density at radius 1 is 0.500 bits per heavy atom. The van der Waals surface area contributed by atoms with Gasteiger partial charge in [0.25, 0.3) is 0 Å². The van der Waals surface area contributed by atoms with Crippen molar-refractivity contribution in [3.05, 3.63) is 35.4 Å². The molecule has 0 aliphatic carbocycles. The topological polar surface area (TPSA) is 150 Å². The van der Waals surface area contributed by atoms with E-state index in [-0.39, 0.29) is 5.91 Å². The van der Waals surface area contributed by atoms with Crippen molar-refractivity contribution in [3.8, 4) is 0 Å². The zero-order valence-electron chi connectivity index (χ0n) is 24.7. The Morgan fingerprint density at radius 2 is 0.825 bits per heavy atom. The third-order valence-corrected chi connectivity index (χ3v) is 7.48. The molecule has 4 amide bonds. The average molecular weight is 559 g/mol. The van der Waals surface area contributed by atoms with E-state index in [1.54, 1.807) is 0 Å². The second-order valence-corrected chi connectivity index (χ2v) is 11.0. The Balaban J connectivity index is 0.000000552. The van der Waals surface area contributed by atoms with Gasteiger partial charge in [0.15, 0.2) is 0 Å². The van der Waals surface area contributed by atoms with Gasteiger partial charge in [0, 0.05) is 37.1 Å². The third kappa shape index (κ3) is 18.4. The Labute approximate surface area is 241 Å². The van der Waals surface area contributed by atoms with Gasteiger partial charge >= 0.3 is 0 Å². The highest BCUT2D eigenvalue weighted by Gasteiger charge is 2.13. The number of primary amides is 3. The minimum Gasteiger partial charge on any atom is -0.370 e. The molecule has 1 heterocycles. The lowest BCUT2D eigenvalue weighted by atomic mass is 10.1. The lowest BCUT2D eigenvalue weighted by Gasteiger charge is -2.23. The summed E-state index contributed by atoms with van der Waals surface area (Å²) in [6.45, 7) is 1.95. The summed E-state index contributed by atoms with van der Waals surface area (Å²) < 4.78 is 0. The van der Waals surface area contributed by atoms with Crippen LogP contribution in [0.3, 0.4) is 0 Å². The van der Waals surface area contributed by atoms with E-state index >= 15 is 0 Å². The molecule has 0 unspecified atom stereocenters. The molecular weight excluding hydrogens is 504 g/mol. The number of hydrogen-bond donors (Lipinski definition) is 3. The molecule has 1 aliphatic rings. The van der Waals surface area contributed by atoms with Gasteiger partial charge < -0.3 is 22.1 Å². The molecule has 0 bridgehead atoms. The van der Waals surface area contributed by atoms with E-state index in [0.717, 1.165) is 38.8 Å². The number of hydrogen-bond acceptors (Lipinski definition) is 4. The first-order chi connectivity index (χ1) is 19.3. The van der Waals surface area contributed by atoms with E-state index in [1.807, 2.05) is 0 Å². The van der Waals surface area contributed by atoms with Crippen LogP contribution in [0, 0.1) is 0 Å². The number of nitrogens with zero attached hydrogens (tertiary/aromatic N) is 1. The summed E-state index contributed by atoms with van der Waals surface area (Å²) in [7, 11) is 0. The maximum atomic E-state index is 12.6. The fraction of sp³-hybridized carbons (Fsp3) is 0.688. The molecule has 0 spiro atoms. The quantitative estimate of drug-likeness (QED) is 0.254. The van der Waals surface area contributed by atoms with Crippen LogP contribution in [-0.2, 0) is 9.59 Å². The SMILES string of the molecule is NC(=O)CCCCCCCCCCC(=O)N1CCCCCCCCCCCC1.NC(=O)c1ccc(C(N)=O)cc1. The largest absolute Gasteiger partial charge is 0.370 e. The average Bonchev–Trinajstić information content (AvgIpc) is 2.96. The molecule has 1 aliphatic heterocycles. The summed E-state index contributed by atoms with van der Waals surface area (Å²) in [6, 6.07) is 5.84. The van der Waals surface area contributed by atoms with Crippen LogP contribution >= 0.6 is 0 Å². The molecule has 6 N–H and O–H groups in total. The predicted molar refractivity (Wildman–Crippen MR) is 162 cm³/mol. The van der Waals surface area contributed by atoms with Crippen molar-refractivity contribution in [2.75, 3.05) is 13.1 Å². The normalized spacial score (nSPS) is 14.9. The number of rotatable bonds is 13. The Kier molecular flexibility index (Phi) is 20.1. The lowest BCUT2D eigenvalue weighted by Crippen LogP contribution is -2.32. The van der Waals surface area contributed by atoms with Crippen LogP contribution in [0.5, 0.6) is 0 Å². The van der Waals surface area contributed by atoms with Crippen molar-refractivity contribution in [1.82, 2.24) is 4.90 Å². The second kappa shape index (κ2) is 22.9. The van der Waals surface area contributed by atoms with Crippen molar-refractivity contribution < 1.29 is 19.2 Å². The van der Waals surface area contributed by atoms with Gasteiger partial charge in [-0.25, -0.2) is 0 Å². The molecule has 2 rings (SSSR count). The molecule has 0 radical (unpaired) electrons. The van der Waals surface area contributed by atoms with Crippen LogP contribution in [0.25, 0.3) is 0 Å². The van der Waals surface area contributed by atoms with Crippen LogP contribution in [0.2, 0.25) is 0 Å². The van der Waals surface area contributed by atoms with E-state index in [9.17, 15) is 19.2 Å². The number of amides is 4. The number of carbonyl (C=O) groups is 4. The standard InChI is InChI=1S/C24H46N2O2.C8H8N2O2/c25-23(27)19-15-11-7-3-4-8-12-16-20-24(28)26-21-17-13-9-5-1-2-6-10-14-18-22-26;9-7(11)5-1-2-6(4-3-5)8(10)12/h1-22H2,(H2,25,27);1-4H,(H2,9,11)(H2,10,12). The first kappa shape index (κ1) is 35.1. The van der Waals surface area contributed by atoms with Crippen LogP contribution in [0.4, 0.5) is 0 Å². The first-order valence-electron chi connectivity index (χ1n) is 15.6. The van der Waals surface area contributed by atoms with E-state index in [0.29, 0.717) is 23.5 Å². The molecular formula is C32H54N4O4. The zero-order valence-corrected chi connectivity index (χ0v) is 24.7. The summed E-state index contributed by atoms with van der Waals surface area (Å²) in [6.07, 6.45) is 23.6. The maximum absolute atomic E-state index is 12.6. The van der Waals surface area contributed by atoms with Gasteiger partial charge in [-0.2, -0.15) is 0 Å². The van der Waals surface area contributed by atoms with E-state index < -0.39 is 11.8 Å². The highest BCUT2D eigenvalue weighted by Crippen LogP contribution is 2.15. The van der Waals surface area contributed by atoms with E-state index in [1.165, 1.54) is 121 Å². The molecule has 1 saturated heterocycles. The van der Waals surface area contributed by atoms with E-state index in [2.05, 4.69) is 4.90 Å². The highest BCUT2D eigenvalue weighted by molar-refractivity contribution is 5.96. The zero-order chi connectivity index (χ0) is 29.4. The second-order valence-electron chi connectivity index (χ2n) is 11.0. The molecule has 0 saturated carbocycles. The van der Waals surface area contributed by atoms with Gasteiger partial charge in [-0.1, -0.05) is 89.9 Å². The van der Waals surface area contributed by atoms with E-state index in [4.69, 9.17) is 17.2 Å². The molecule has 40 heavy (non-hydrogen) atoms. The molecule has 1 aromatic carbocycles. The van der Waals surface area contributed by atoms with Crippen LogP contribution in [-0.4, -0.2) is 41.6 Å². The summed E-state index contributed by atoms with van der Waals surface area (Å²) in [5.41, 5.74) is 15.8. The Hall–Kier alpha value is -2.90. The fourth-order valence-electron chi connectivity index (χ4n) is 4.97. The van der Waals surface area contributed by atoms with Crippen molar-refractivity contribution in [3.63, 3.8) is 0 Å². The van der Waals surface area contributed by atoms with Gasteiger partial charge in [0.05, 0.1) is 0 Å². The predicted octanol–water partition coefficient (Wildman–Crippen LogP) is 6.00. The van der Waals surface area contributed by atoms with Crippen molar-refractivity contribution in [2.45, 2.75) is 128 Å². The number of nitrogens with two attached hydrogens (primary N) is 3. The number of carbonyl (C=O) groups excluding carboxylic acids is 4. The monoisotopic (exact) mass is 558 g/mol. The molecule has 1 fully saturated rings. The van der Waals surface area contributed by atoms with Gasteiger partial charge in [-0.15, -0.1) is 0 Å². The minimum absolute atomic E-state index is 0.183. The molecule has 0 atom stereocenters. The Bertz CT molecular complexity index is 810. The molecule has 0 aromatic heterocycles. The van der Waals surface area contributed by atoms with Crippen LogP contribution in [0.1, 0.15) is 149 Å². The van der Waals surface area contributed by atoms with Gasteiger partial charge in [0.1, 0.15) is 0 Å². The summed E-state index contributed by atoms with van der Waals surface area (Å²) >= 11 is 0. The van der Waals surface area contributed by atoms with Crippen LogP contribution in [0.15, 0.2) is 24.3 Å². The number of unbranched alkanes of at least 4 members (excludes halogenated alkanes) is 7. The van der Waals surface area contributed by atoms with Gasteiger partial charge in [-0.3, -0.25) is 19.2 Å². The van der Waals surface area contributed by atoms with Crippen molar-refractivity contribution in [2.24, 2.45) is 17.2 Å². The number of benzene rings is 1. The lowest BCUT2D eigenvalue weighted by molar-refractivity contribution is -0.131. The van der Waals surface area contributed by atoms with Gasteiger partial charge in [0.2, 0.25) is 23.6 Å². The van der Waals surface area contributed by atoms with Crippen molar-refractivity contribution >= 4 is 23.6 Å².